The van der Waals surface area contributed by atoms with Crippen molar-refractivity contribution >= 4 is 5.91 Å². The molecule has 1 rings (SSSR count). The third-order valence-corrected chi connectivity index (χ3v) is 2.48. The Morgan fingerprint density at radius 2 is 2.11 bits per heavy atom. The van der Waals surface area contributed by atoms with E-state index in [0.29, 0.717) is 19.6 Å². The van der Waals surface area contributed by atoms with E-state index in [4.69, 9.17) is 5.11 Å². The summed E-state index contributed by atoms with van der Waals surface area (Å²) in [5.41, 5.74) is 1.13. The number of carbonyl (C=O) groups is 1. The van der Waals surface area contributed by atoms with Crippen LogP contribution in [0.25, 0.3) is 0 Å². The molecule has 98 valence electrons. The monoisotopic (exact) mass is 248 g/mol. The third-order valence-electron chi connectivity index (χ3n) is 2.48. The zero-order valence-corrected chi connectivity index (χ0v) is 10.5. The number of nitrogens with one attached hydrogen (secondary N) is 1. The van der Waals surface area contributed by atoms with Crippen molar-refractivity contribution in [2.24, 2.45) is 0 Å². The van der Waals surface area contributed by atoms with Gasteiger partial charge in [0.15, 0.2) is 0 Å². The predicted molar refractivity (Wildman–Crippen MR) is 72.0 cm³/mol. The maximum Gasteiger partial charge on any atom is 0.234 e. The van der Waals surface area contributed by atoms with Crippen molar-refractivity contribution in [2.75, 3.05) is 26.2 Å². The number of hydrogen-bond acceptors (Lipinski definition) is 3. The van der Waals surface area contributed by atoms with Gasteiger partial charge in [0.1, 0.15) is 0 Å². The number of rotatable bonds is 8. The van der Waals surface area contributed by atoms with Gasteiger partial charge in [0.05, 0.1) is 13.2 Å². The van der Waals surface area contributed by atoms with Crippen molar-refractivity contribution in [3.8, 4) is 0 Å². The first-order valence-electron chi connectivity index (χ1n) is 6.01. The summed E-state index contributed by atoms with van der Waals surface area (Å²) in [6.07, 6.45) is 1.64. The van der Waals surface area contributed by atoms with Crippen LogP contribution in [0.1, 0.15) is 5.56 Å². The molecule has 0 fully saturated rings. The van der Waals surface area contributed by atoms with Crippen LogP contribution in [-0.2, 0) is 11.3 Å². The van der Waals surface area contributed by atoms with Crippen LogP contribution in [0.3, 0.4) is 0 Å². The second kappa shape index (κ2) is 8.44. The SMILES string of the molecule is C=CCNC(=O)CN(CCO)Cc1ccccc1. The third kappa shape index (κ3) is 5.61. The Morgan fingerprint density at radius 3 is 2.72 bits per heavy atom. The van der Waals surface area contributed by atoms with Gasteiger partial charge in [0.2, 0.25) is 5.91 Å². The van der Waals surface area contributed by atoms with Gasteiger partial charge in [-0.05, 0) is 5.56 Å². The first kappa shape index (κ1) is 14.4. The molecule has 0 radical (unpaired) electrons. The molecule has 1 aromatic carbocycles. The molecule has 0 spiro atoms. The molecule has 0 bridgehead atoms. The molecule has 18 heavy (non-hydrogen) atoms. The zero-order chi connectivity index (χ0) is 13.2. The van der Waals surface area contributed by atoms with Crippen LogP contribution in [0.2, 0.25) is 0 Å². The van der Waals surface area contributed by atoms with Gasteiger partial charge in [0.25, 0.3) is 0 Å². The Hall–Kier alpha value is -1.65. The standard InChI is InChI=1S/C14H20N2O2/c1-2-8-15-14(18)12-16(9-10-17)11-13-6-4-3-5-7-13/h2-7,17H,1,8-12H2,(H,15,18). The highest BCUT2D eigenvalue weighted by atomic mass is 16.3. The van der Waals surface area contributed by atoms with Crippen molar-refractivity contribution in [2.45, 2.75) is 6.54 Å². The van der Waals surface area contributed by atoms with Crippen molar-refractivity contribution in [1.82, 2.24) is 10.2 Å². The van der Waals surface area contributed by atoms with E-state index in [-0.39, 0.29) is 19.1 Å². The molecule has 4 heteroatoms. The number of carbonyl (C=O) groups excluding carboxylic acids is 1. The topological polar surface area (TPSA) is 52.6 Å². The highest BCUT2D eigenvalue weighted by Crippen LogP contribution is 2.03. The van der Waals surface area contributed by atoms with Gasteiger partial charge in [0, 0.05) is 19.6 Å². The smallest absolute Gasteiger partial charge is 0.234 e. The summed E-state index contributed by atoms with van der Waals surface area (Å²) in [6.45, 7) is 5.48. The Balaban J connectivity index is 2.49. The van der Waals surface area contributed by atoms with Gasteiger partial charge in [-0.25, -0.2) is 0 Å². The number of hydrogen-bond donors (Lipinski definition) is 2. The minimum atomic E-state index is -0.0562. The minimum absolute atomic E-state index is 0.0432. The molecular formula is C14H20N2O2. The molecule has 1 aromatic rings. The minimum Gasteiger partial charge on any atom is -0.395 e. The summed E-state index contributed by atoms with van der Waals surface area (Å²) >= 11 is 0. The molecule has 4 nitrogen and oxygen atoms in total. The second-order valence-corrected chi connectivity index (χ2v) is 4.01. The molecule has 0 aliphatic carbocycles. The summed E-state index contributed by atoms with van der Waals surface area (Å²) in [7, 11) is 0. The number of aliphatic hydroxyl groups is 1. The average molecular weight is 248 g/mol. The Kier molecular flexibility index (Phi) is 6.76. The van der Waals surface area contributed by atoms with E-state index in [1.165, 1.54) is 0 Å². The molecule has 0 unspecified atom stereocenters. The molecule has 0 saturated heterocycles. The van der Waals surface area contributed by atoms with Gasteiger partial charge in [-0.1, -0.05) is 36.4 Å². The van der Waals surface area contributed by atoms with Crippen LogP contribution in [0.5, 0.6) is 0 Å². The molecule has 0 aromatic heterocycles. The van der Waals surface area contributed by atoms with E-state index in [1.807, 2.05) is 35.2 Å². The van der Waals surface area contributed by atoms with Crippen LogP contribution < -0.4 is 5.32 Å². The summed E-state index contributed by atoms with van der Waals surface area (Å²) in [5.74, 6) is -0.0562. The normalized spacial score (nSPS) is 10.3. The Morgan fingerprint density at radius 1 is 1.39 bits per heavy atom. The molecule has 0 atom stereocenters. The molecule has 1 amide bonds. The summed E-state index contributed by atoms with van der Waals surface area (Å²) in [6, 6.07) is 9.89. The predicted octanol–water partition coefficient (Wildman–Crippen LogP) is 0.783. The van der Waals surface area contributed by atoms with Crippen molar-refractivity contribution in [3.63, 3.8) is 0 Å². The lowest BCUT2D eigenvalue weighted by Crippen LogP contribution is -2.38. The van der Waals surface area contributed by atoms with E-state index in [0.717, 1.165) is 5.56 Å². The number of amides is 1. The lowest BCUT2D eigenvalue weighted by atomic mass is 10.2. The molecule has 0 aliphatic rings. The highest BCUT2D eigenvalue weighted by molar-refractivity contribution is 5.78. The first-order valence-corrected chi connectivity index (χ1v) is 6.01. The largest absolute Gasteiger partial charge is 0.395 e. The van der Waals surface area contributed by atoms with Gasteiger partial charge in [-0.15, -0.1) is 6.58 Å². The van der Waals surface area contributed by atoms with Crippen LogP contribution in [0, 0.1) is 0 Å². The summed E-state index contributed by atoms with van der Waals surface area (Å²) < 4.78 is 0. The van der Waals surface area contributed by atoms with E-state index < -0.39 is 0 Å². The molecule has 0 aliphatic heterocycles. The number of aliphatic hydroxyl groups excluding tert-OH is 1. The zero-order valence-electron chi connectivity index (χ0n) is 10.5. The maximum absolute atomic E-state index is 11.6. The Labute approximate surface area is 108 Å². The van der Waals surface area contributed by atoms with Gasteiger partial charge in [-0.3, -0.25) is 9.69 Å². The van der Waals surface area contributed by atoms with Crippen LogP contribution >= 0.6 is 0 Å². The fraction of sp³-hybridized carbons (Fsp3) is 0.357. The summed E-state index contributed by atoms with van der Waals surface area (Å²) in [5, 5.41) is 11.7. The van der Waals surface area contributed by atoms with Gasteiger partial charge < -0.3 is 10.4 Å². The van der Waals surface area contributed by atoms with Crippen molar-refractivity contribution in [1.29, 1.82) is 0 Å². The van der Waals surface area contributed by atoms with Gasteiger partial charge in [-0.2, -0.15) is 0 Å². The summed E-state index contributed by atoms with van der Waals surface area (Å²) in [4.78, 5) is 13.5. The van der Waals surface area contributed by atoms with Crippen LogP contribution in [0.15, 0.2) is 43.0 Å². The number of nitrogens with zero attached hydrogens (tertiary/aromatic N) is 1. The molecular weight excluding hydrogens is 228 g/mol. The molecule has 2 N–H and O–H groups in total. The lowest BCUT2D eigenvalue weighted by molar-refractivity contribution is -0.122. The van der Waals surface area contributed by atoms with Gasteiger partial charge >= 0.3 is 0 Å². The maximum atomic E-state index is 11.6. The second-order valence-electron chi connectivity index (χ2n) is 4.01. The van der Waals surface area contributed by atoms with E-state index >= 15 is 0 Å². The van der Waals surface area contributed by atoms with E-state index in [9.17, 15) is 4.79 Å². The average Bonchev–Trinajstić information content (AvgIpc) is 2.38. The van der Waals surface area contributed by atoms with E-state index in [1.54, 1.807) is 6.08 Å². The van der Waals surface area contributed by atoms with Crippen LogP contribution in [0.4, 0.5) is 0 Å². The first-order chi connectivity index (χ1) is 8.76. The van der Waals surface area contributed by atoms with E-state index in [2.05, 4.69) is 11.9 Å². The fourth-order valence-corrected chi connectivity index (χ4v) is 1.64. The van der Waals surface area contributed by atoms with Crippen LogP contribution in [-0.4, -0.2) is 42.2 Å². The Bertz CT molecular complexity index is 365. The quantitative estimate of drug-likeness (QED) is 0.669. The number of benzene rings is 1. The highest BCUT2D eigenvalue weighted by Gasteiger charge is 2.10. The molecule has 0 saturated carbocycles. The molecule has 0 heterocycles. The van der Waals surface area contributed by atoms with Crippen molar-refractivity contribution in [3.05, 3.63) is 48.6 Å². The fourth-order valence-electron chi connectivity index (χ4n) is 1.64. The van der Waals surface area contributed by atoms with Crippen molar-refractivity contribution < 1.29 is 9.90 Å². The lowest BCUT2D eigenvalue weighted by Gasteiger charge is -2.20.